The fourth-order valence-electron chi connectivity index (χ4n) is 6.02. The van der Waals surface area contributed by atoms with Crippen molar-refractivity contribution in [2.75, 3.05) is 31.8 Å². The van der Waals surface area contributed by atoms with Gasteiger partial charge in [-0.3, -0.25) is 14.4 Å². The Morgan fingerprint density at radius 2 is 2.06 bits per heavy atom. The Bertz CT molecular complexity index is 1020. The molecule has 1 spiro atoms. The highest BCUT2D eigenvalue weighted by atomic mass is 79.9. The van der Waals surface area contributed by atoms with Gasteiger partial charge in [-0.2, -0.15) is 0 Å². The van der Waals surface area contributed by atoms with Crippen LogP contribution in [-0.4, -0.2) is 81.6 Å². The van der Waals surface area contributed by atoms with E-state index in [4.69, 9.17) is 9.47 Å². The van der Waals surface area contributed by atoms with E-state index in [1.54, 1.807) is 65.9 Å². The molecule has 196 valence electrons. The fraction of sp³-hybridized carbons (Fsp3) is 0.577. The number of rotatable bonds is 10. The Morgan fingerprint density at radius 1 is 1.36 bits per heavy atom. The van der Waals surface area contributed by atoms with Crippen molar-refractivity contribution in [2.24, 2.45) is 11.8 Å². The number of benzene rings is 1. The van der Waals surface area contributed by atoms with Crippen molar-refractivity contribution in [1.29, 1.82) is 0 Å². The van der Waals surface area contributed by atoms with Crippen molar-refractivity contribution in [3.8, 4) is 5.75 Å². The zero-order valence-electron chi connectivity index (χ0n) is 20.8. The normalized spacial score (nSPS) is 31.2. The van der Waals surface area contributed by atoms with Crippen LogP contribution < -0.4 is 9.64 Å². The summed E-state index contributed by atoms with van der Waals surface area (Å²) < 4.78 is 9.85. The number of amides is 2. The zero-order chi connectivity index (χ0) is 26.2. The van der Waals surface area contributed by atoms with Crippen LogP contribution in [0.4, 0.5) is 5.69 Å². The summed E-state index contributed by atoms with van der Waals surface area (Å²) in [5.41, 5.74) is 0.653. The molecule has 7 atom stereocenters. The maximum Gasteiger partial charge on any atom is 0.310 e. The molecule has 3 aliphatic rings. The Labute approximate surface area is 224 Å². The SMILES string of the molecule is C=CCN(C(=O)C1N([C@@H](CC)CO)C(=O)[C@@H]2[C@H](C(=O)OCC)[C@H]3SC12CC3Br)c1ccc(OC)cc1. The van der Waals surface area contributed by atoms with Crippen LogP contribution in [-0.2, 0) is 19.1 Å². The number of aliphatic hydroxyl groups excluding tert-OH is 1. The predicted octanol–water partition coefficient (Wildman–Crippen LogP) is 3.01. The van der Waals surface area contributed by atoms with Crippen molar-refractivity contribution in [3.05, 3.63) is 36.9 Å². The highest BCUT2D eigenvalue weighted by Crippen LogP contribution is 2.68. The van der Waals surface area contributed by atoms with Crippen LogP contribution in [0.3, 0.4) is 0 Å². The number of hydrogen-bond donors (Lipinski definition) is 1. The first kappa shape index (κ1) is 27.0. The van der Waals surface area contributed by atoms with Gasteiger partial charge in [0.2, 0.25) is 5.91 Å². The summed E-state index contributed by atoms with van der Waals surface area (Å²) in [7, 11) is 1.58. The second-order valence-electron chi connectivity index (χ2n) is 9.34. The third kappa shape index (κ3) is 4.15. The van der Waals surface area contributed by atoms with Crippen molar-refractivity contribution in [2.45, 2.75) is 53.6 Å². The van der Waals surface area contributed by atoms with Crippen LogP contribution in [0.5, 0.6) is 5.75 Å². The Morgan fingerprint density at radius 3 is 2.61 bits per heavy atom. The second kappa shape index (κ2) is 10.8. The first-order valence-electron chi connectivity index (χ1n) is 12.3. The smallest absolute Gasteiger partial charge is 0.310 e. The molecule has 2 bridgehead atoms. The van der Waals surface area contributed by atoms with Crippen molar-refractivity contribution >= 4 is 51.2 Å². The van der Waals surface area contributed by atoms with Crippen LogP contribution in [0.25, 0.3) is 0 Å². The third-order valence-corrected chi connectivity index (χ3v) is 10.8. The van der Waals surface area contributed by atoms with Gasteiger partial charge in [0.15, 0.2) is 0 Å². The lowest BCUT2D eigenvalue weighted by Gasteiger charge is -2.39. The summed E-state index contributed by atoms with van der Waals surface area (Å²) in [6.45, 7) is 7.66. The molecule has 3 saturated heterocycles. The lowest BCUT2D eigenvalue weighted by molar-refractivity contribution is -0.154. The molecule has 8 nitrogen and oxygen atoms in total. The number of carbonyl (C=O) groups is 3. The Balaban J connectivity index is 1.82. The number of nitrogens with zero attached hydrogens (tertiary/aromatic N) is 2. The van der Waals surface area contributed by atoms with E-state index in [2.05, 4.69) is 22.5 Å². The van der Waals surface area contributed by atoms with E-state index in [9.17, 15) is 19.5 Å². The van der Waals surface area contributed by atoms with E-state index >= 15 is 0 Å². The number of ether oxygens (including phenoxy) is 2. The molecule has 3 unspecified atom stereocenters. The summed E-state index contributed by atoms with van der Waals surface area (Å²) in [6, 6.07) is 5.77. The van der Waals surface area contributed by atoms with Gasteiger partial charge in [0.25, 0.3) is 5.91 Å². The summed E-state index contributed by atoms with van der Waals surface area (Å²) in [5.74, 6) is -1.57. The number of carbonyl (C=O) groups excluding carboxylic acids is 3. The molecular weight excluding hydrogens is 548 g/mol. The van der Waals surface area contributed by atoms with Gasteiger partial charge in [-0.15, -0.1) is 18.3 Å². The molecule has 3 aliphatic heterocycles. The Hall–Kier alpha value is -2.04. The first-order valence-corrected chi connectivity index (χ1v) is 14.1. The molecule has 4 rings (SSSR count). The fourth-order valence-corrected chi connectivity index (χ4v) is 9.60. The van der Waals surface area contributed by atoms with Gasteiger partial charge in [0.05, 0.1) is 42.9 Å². The molecule has 3 heterocycles. The molecule has 10 heteroatoms. The highest BCUT2D eigenvalue weighted by molar-refractivity contribution is 9.09. The quantitative estimate of drug-likeness (QED) is 0.258. The van der Waals surface area contributed by atoms with Crippen molar-refractivity contribution < 1.29 is 29.0 Å². The van der Waals surface area contributed by atoms with Crippen LogP contribution in [0, 0.1) is 11.8 Å². The zero-order valence-corrected chi connectivity index (χ0v) is 23.2. The highest BCUT2D eigenvalue weighted by Gasteiger charge is 2.76. The van der Waals surface area contributed by atoms with Gasteiger partial charge in [-0.25, -0.2) is 0 Å². The number of alkyl halides is 1. The number of fused-ring (bicyclic) bond motifs is 1. The minimum Gasteiger partial charge on any atom is -0.497 e. The van der Waals surface area contributed by atoms with E-state index < -0.39 is 34.6 Å². The van der Waals surface area contributed by atoms with Crippen molar-refractivity contribution in [3.63, 3.8) is 0 Å². The van der Waals surface area contributed by atoms with Gasteiger partial charge in [0.1, 0.15) is 11.8 Å². The summed E-state index contributed by atoms with van der Waals surface area (Å²) in [4.78, 5) is 44.7. The number of aliphatic hydroxyl groups is 1. The average Bonchev–Trinajstić information content (AvgIpc) is 3.47. The minimum atomic E-state index is -0.844. The predicted molar refractivity (Wildman–Crippen MR) is 142 cm³/mol. The number of halogens is 1. The van der Waals surface area contributed by atoms with E-state index in [1.165, 1.54) is 0 Å². The molecule has 0 aromatic heterocycles. The number of methoxy groups -OCH3 is 1. The number of hydrogen-bond acceptors (Lipinski definition) is 7. The number of esters is 1. The topological polar surface area (TPSA) is 96.4 Å². The minimum absolute atomic E-state index is 0.0424. The van der Waals surface area contributed by atoms with Gasteiger partial charge in [-0.1, -0.05) is 28.9 Å². The molecule has 36 heavy (non-hydrogen) atoms. The molecule has 3 fully saturated rings. The van der Waals surface area contributed by atoms with Crippen LogP contribution in [0.15, 0.2) is 36.9 Å². The summed E-state index contributed by atoms with van der Waals surface area (Å²) in [5, 5.41) is 10.0. The van der Waals surface area contributed by atoms with Crippen molar-refractivity contribution in [1.82, 2.24) is 4.90 Å². The largest absolute Gasteiger partial charge is 0.497 e. The molecule has 0 radical (unpaired) electrons. The summed E-state index contributed by atoms with van der Waals surface area (Å²) >= 11 is 5.29. The van der Waals surface area contributed by atoms with E-state index in [0.29, 0.717) is 24.3 Å². The molecule has 0 aliphatic carbocycles. The van der Waals surface area contributed by atoms with Gasteiger partial charge < -0.3 is 24.4 Å². The number of thioether (sulfide) groups is 1. The van der Waals surface area contributed by atoms with Crippen LogP contribution in [0.1, 0.15) is 26.7 Å². The van der Waals surface area contributed by atoms with Gasteiger partial charge >= 0.3 is 5.97 Å². The maximum absolute atomic E-state index is 14.4. The molecule has 0 saturated carbocycles. The molecular formula is C26H33BrN2O6S. The van der Waals surface area contributed by atoms with Gasteiger partial charge in [-0.05, 0) is 44.0 Å². The maximum atomic E-state index is 14.4. The van der Waals surface area contributed by atoms with E-state index in [0.717, 1.165) is 0 Å². The second-order valence-corrected chi connectivity index (χ2v) is 12.1. The van der Waals surface area contributed by atoms with Crippen LogP contribution in [0.2, 0.25) is 0 Å². The number of anilines is 1. The van der Waals surface area contributed by atoms with Gasteiger partial charge in [0, 0.05) is 22.3 Å². The lowest BCUT2D eigenvalue weighted by Crippen LogP contribution is -2.58. The summed E-state index contributed by atoms with van der Waals surface area (Å²) in [6.07, 6.45) is 2.69. The molecule has 2 amide bonds. The molecule has 1 aromatic rings. The molecule has 1 aromatic carbocycles. The first-order chi connectivity index (χ1) is 17.3. The van der Waals surface area contributed by atoms with Crippen LogP contribution >= 0.6 is 27.7 Å². The van der Waals surface area contributed by atoms with E-state index in [-0.39, 0.29) is 41.6 Å². The average molecular weight is 582 g/mol. The lowest BCUT2D eigenvalue weighted by atomic mass is 9.71. The third-order valence-electron chi connectivity index (χ3n) is 7.56. The standard InChI is InChI=1S/C26H33BrN2O6S/c1-5-12-28(16-8-10-17(34-4)11-9-16)24(32)22-26-13-18(27)21(36-26)19(25(33)35-7-3)20(26)23(31)29(22)15(6-2)14-30/h5,8-11,15,18-22,30H,1,6-7,12-14H2,2-4H3/t15-,18?,19-,20-,21-,22?,26?/m0/s1. The monoisotopic (exact) mass is 580 g/mol. The molecule has 1 N–H and O–H groups in total. The van der Waals surface area contributed by atoms with E-state index in [1.807, 2.05) is 6.92 Å². The number of likely N-dealkylation sites (tertiary alicyclic amines) is 1. The Kier molecular flexibility index (Phi) is 8.07.